The van der Waals surface area contributed by atoms with E-state index in [2.05, 4.69) is 30.1 Å². The largest absolute Gasteiger partial charge is 0.465 e. The topological polar surface area (TPSA) is 39.2 Å². The molecule has 1 atom stereocenters. The number of ether oxygens (including phenoxy) is 1. The molecule has 0 radical (unpaired) electrons. The van der Waals surface area contributed by atoms with Crippen LogP contribution in [-0.4, -0.2) is 17.6 Å². The van der Waals surface area contributed by atoms with E-state index < -0.39 is 0 Å². The molecule has 1 unspecified atom stereocenters. The third-order valence-corrected chi connectivity index (χ3v) is 4.16. The highest BCUT2D eigenvalue weighted by molar-refractivity contribution is 7.18. The minimum atomic E-state index is -0.220. The van der Waals surface area contributed by atoms with Gasteiger partial charge in [0.05, 0.1) is 16.8 Å². The molecule has 1 aromatic heterocycles. The summed E-state index contributed by atoms with van der Waals surface area (Å²) < 4.78 is 6.29. The van der Waals surface area contributed by atoms with Crippen LogP contribution in [0.4, 0.5) is 0 Å². The van der Waals surface area contributed by atoms with E-state index in [0.717, 1.165) is 28.1 Å². The van der Waals surface area contributed by atoms with Crippen molar-refractivity contribution in [3.8, 4) is 0 Å². The van der Waals surface area contributed by atoms with E-state index in [-0.39, 0.29) is 11.9 Å². The number of carbonyl (C=O) groups excluding carboxylic acids is 1. The first kappa shape index (κ1) is 14.0. The van der Waals surface area contributed by atoms with E-state index in [1.165, 1.54) is 5.56 Å². The van der Waals surface area contributed by atoms with E-state index in [9.17, 15) is 4.79 Å². The molecule has 1 aromatic carbocycles. The minimum absolute atomic E-state index is 0.153. The maximum atomic E-state index is 12.0. The minimum Gasteiger partial charge on any atom is -0.465 e. The molecule has 19 heavy (non-hydrogen) atoms. The Balaban J connectivity index is 2.35. The summed E-state index contributed by atoms with van der Waals surface area (Å²) in [5.74, 6) is -0.372. The van der Waals surface area contributed by atoms with Gasteiger partial charge in [0.2, 0.25) is 0 Å². The summed E-state index contributed by atoms with van der Waals surface area (Å²) in [6.07, 6.45) is 1.73. The molecule has 0 spiro atoms. The third kappa shape index (κ3) is 3.13. The Morgan fingerprint density at radius 1 is 1.42 bits per heavy atom. The molecule has 2 rings (SSSR count). The van der Waals surface area contributed by atoms with Gasteiger partial charge in [-0.25, -0.2) is 4.98 Å². The molecule has 2 aromatic rings. The zero-order chi connectivity index (χ0) is 13.8. The van der Waals surface area contributed by atoms with E-state index in [1.807, 2.05) is 13.8 Å². The van der Waals surface area contributed by atoms with Crippen LogP contribution in [-0.2, 0) is 9.53 Å². The lowest BCUT2D eigenvalue weighted by atomic mass is 10.1. The summed E-state index contributed by atoms with van der Waals surface area (Å²) >= 11 is 1.60. The highest BCUT2D eigenvalue weighted by Gasteiger charge is 2.24. The molecule has 0 fully saturated rings. The predicted octanol–water partition coefficient (Wildman–Crippen LogP) is 4.05. The molecule has 102 valence electrons. The van der Waals surface area contributed by atoms with Crippen molar-refractivity contribution in [3.63, 3.8) is 0 Å². The van der Waals surface area contributed by atoms with Gasteiger partial charge in [0.25, 0.3) is 0 Å². The fraction of sp³-hybridized carbons (Fsp3) is 0.467. The van der Waals surface area contributed by atoms with Crippen molar-refractivity contribution < 1.29 is 9.53 Å². The number of aryl methyl sites for hydroxylation is 1. The molecule has 0 amide bonds. The second-order valence-electron chi connectivity index (χ2n) is 4.62. The van der Waals surface area contributed by atoms with E-state index >= 15 is 0 Å². The molecular formula is C15H19NO2S. The monoisotopic (exact) mass is 277 g/mol. The highest BCUT2D eigenvalue weighted by atomic mass is 32.1. The highest BCUT2D eigenvalue weighted by Crippen LogP contribution is 2.31. The first-order chi connectivity index (χ1) is 9.15. The van der Waals surface area contributed by atoms with Crippen LogP contribution in [0.1, 0.15) is 43.2 Å². The van der Waals surface area contributed by atoms with Crippen LogP contribution in [0.3, 0.4) is 0 Å². The van der Waals surface area contributed by atoms with Crippen molar-refractivity contribution in [3.05, 3.63) is 28.8 Å². The first-order valence-electron chi connectivity index (χ1n) is 6.69. The van der Waals surface area contributed by atoms with Crippen molar-refractivity contribution >= 4 is 27.5 Å². The van der Waals surface area contributed by atoms with Gasteiger partial charge in [-0.05, 0) is 38.0 Å². The number of aromatic nitrogens is 1. The van der Waals surface area contributed by atoms with Crippen LogP contribution in [0.2, 0.25) is 0 Å². The maximum absolute atomic E-state index is 12.0. The van der Waals surface area contributed by atoms with Gasteiger partial charge in [0.15, 0.2) is 0 Å². The molecule has 4 heteroatoms. The number of thiazole rings is 1. The molecule has 0 bridgehead atoms. The molecule has 1 heterocycles. The molecule has 0 saturated heterocycles. The molecule has 0 aliphatic rings. The summed E-state index contributed by atoms with van der Waals surface area (Å²) in [7, 11) is 0. The van der Waals surface area contributed by atoms with E-state index in [4.69, 9.17) is 4.74 Å². The zero-order valence-corrected chi connectivity index (χ0v) is 12.4. The Hall–Kier alpha value is -1.42. The normalized spacial score (nSPS) is 12.6. The number of hydrogen-bond acceptors (Lipinski definition) is 4. The Morgan fingerprint density at radius 2 is 2.21 bits per heavy atom. The number of hydrogen-bond donors (Lipinski definition) is 0. The van der Waals surface area contributed by atoms with Gasteiger partial charge in [0.1, 0.15) is 10.9 Å². The Bertz CT molecular complexity index is 577. The van der Waals surface area contributed by atoms with Crippen LogP contribution in [0.5, 0.6) is 0 Å². The van der Waals surface area contributed by atoms with Gasteiger partial charge >= 0.3 is 5.97 Å². The Morgan fingerprint density at radius 3 is 2.89 bits per heavy atom. The van der Waals surface area contributed by atoms with Gasteiger partial charge in [-0.1, -0.05) is 19.4 Å². The van der Waals surface area contributed by atoms with Crippen molar-refractivity contribution in [2.24, 2.45) is 0 Å². The zero-order valence-electron chi connectivity index (χ0n) is 11.6. The predicted molar refractivity (Wildman–Crippen MR) is 78.6 cm³/mol. The second kappa shape index (κ2) is 6.15. The van der Waals surface area contributed by atoms with Gasteiger partial charge in [-0.15, -0.1) is 11.3 Å². The molecule has 0 aliphatic heterocycles. The fourth-order valence-electron chi connectivity index (χ4n) is 2.08. The number of esters is 1. The lowest BCUT2D eigenvalue weighted by Crippen LogP contribution is -2.15. The summed E-state index contributed by atoms with van der Waals surface area (Å²) in [6.45, 7) is 6.38. The molecule has 0 aliphatic carbocycles. The summed E-state index contributed by atoms with van der Waals surface area (Å²) in [5, 5.41) is 0.876. The van der Waals surface area contributed by atoms with Crippen LogP contribution in [0.25, 0.3) is 10.2 Å². The van der Waals surface area contributed by atoms with Crippen molar-refractivity contribution in [2.75, 3.05) is 6.61 Å². The van der Waals surface area contributed by atoms with Gasteiger partial charge in [-0.2, -0.15) is 0 Å². The summed E-state index contributed by atoms with van der Waals surface area (Å²) in [4.78, 5) is 16.6. The number of rotatable bonds is 5. The number of benzene rings is 1. The molecular weight excluding hydrogens is 258 g/mol. The van der Waals surface area contributed by atoms with Gasteiger partial charge < -0.3 is 4.74 Å². The SMILES string of the molecule is CCCC(C(=O)OCC)c1nc2cc(C)ccc2s1. The average molecular weight is 277 g/mol. The third-order valence-electron chi connectivity index (χ3n) is 3.01. The van der Waals surface area contributed by atoms with Crippen LogP contribution in [0, 0.1) is 6.92 Å². The maximum Gasteiger partial charge on any atom is 0.315 e. The van der Waals surface area contributed by atoms with Crippen LogP contribution < -0.4 is 0 Å². The van der Waals surface area contributed by atoms with Crippen molar-refractivity contribution in [1.29, 1.82) is 0 Å². The number of fused-ring (bicyclic) bond motifs is 1. The van der Waals surface area contributed by atoms with E-state index in [1.54, 1.807) is 11.3 Å². The van der Waals surface area contributed by atoms with Crippen molar-refractivity contribution in [2.45, 2.75) is 39.5 Å². The summed E-state index contributed by atoms with van der Waals surface area (Å²) in [5.41, 5.74) is 2.16. The van der Waals surface area contributed by atoms with Crippen LogP contribution in [0.15, 0.2) is 18.2 Å². The molecule has 3 nitrogen and oxygen atoms in total. The Labute approximate surface area is 117 Å². The van der Waals surface area contributed by atoms with Crippen LogP contribution >= 0.6 is 11.3 Å². The Kier molecular flexibility index (Phi) is 4.53. The lowest BCUT2D eigenvalue weighted by Gasteiger charge is -2.11. The summed E-state index contributed by atoms with van der Waals surface area (Å²) in [6, 6.07) is 6.20. The quantitative estimate of drug-likeness (QED) is 0.774. The number of nitrogens with zero attached hydrogens (tertiary/aromatic N) is 1. The van der Waals surface area contributed by atoms with E-state index in [0.29, 0.717) is 6.61 Å². The number of carbonyl (C=O) groups is 1. The van der Waals surface area contributed by atoms with Crippen molar-refractivity contribution in [1.82, 2.24) is 4.98 Å². The lowest BCUT2D eigenvalue weighted by molar-refractivity contribution is -0.145. The average Bonchev–Trinajstić information content (AvgIpc) is 2.78. The fourth-order valence-corrected chi connectivity index (χ4v) is 3.15. The smallest absolute Gasteiger partial charge is 0.315 e. The first-order valence-corrected chi connectivity index (χ1v) is 7.51. The molecule has 0 saturated carbocycles. The molecule has 0 N–H and O–H groups in total. The van der Waals surface area contributed by atoms with Gasteiger partial charge in [0, 0.05) is 0 Å². The standard InChI is InChI=1S/C15H19NO2S/c1-4-6-11(15(17)18-5-2)14-16-12-9-10(3)7-8-13(12)19-14/h7-9,11H,4-6H2,1-3H3. The van der Waals surface area contributed by atoms with Gasteiger partial charge in [-0.3, -0.25) is 4.79 Å². The second-order valence-corrected chi connectivity index (χ2v) is 5.68.